The summed E-state index contributed by atoms with van der Waals surface area (Å²) in [5, 5.41) is 12.5. The van der Waals surface area contributed by atoms with Gasteiger partial charge in [-0.25, -0.2) is 0 Å². The van der Waals surface area contributed by atoms with E-state index in [9.17, 15) is 4.79 Å². The molecule has 7 nitrogen and oxygen atoms in total. The minimum absolute atomic E-state index is 0.00627. The zero-order valence-corrected chi connectivity index (χ0v) is 8.34. The maximum Gasteiger partial charge on any atom is 0.417 e. The highest BCUT2D eigenvalue weighted by Crippen LogP contribution is 2.09. The highest BCUT2D eigenvalue weighted by Gasteiger charge is 2.06. The molecule has 0 bridgehead atoms. The van der Waals surface area contributed by atoms with Crippen molar-refractivity contribution in [1.29, 1.82) is 0 Å². The Morgan fingerprint density at radius 2 is 2.38 bits per heavy atom. The van der Waals surface area contributed by atoms with E-state index in [1.807, 2.05) is 0 Å². The molecular formula is C9H8N2O5. The third-order valence-electron chi connectivity index (χ3n) is 1.71. The Balaban J connectivity index is 2.05. The Kier molecular flexibility index (Phi) is 2.59. The fourth-order valence-corrected chi connectivity index (χ4v) is 0.989. The summed E-state index contributed by atoms with van der Waals surface area (Å²) in [5.41, 5.74) is -0.536. The molecule has 0 aliphatic rings. The Morgan fingerprint density at radius 3 is 3.00 bits per heavy atom. The van der Waals surface area contributed by atoms with E-state index in [-0.39, 0.29) is 18.4 Å². The third-order valence-corrected chi connectivity index (χ3v) is 1.71. The largest absolute Gasteiger partial charge is 0.502 e. The van der Waals surface area contributed by atoms with Gasteiger partial charge in [-0.05, 0) is 6.92 Å². The summed E-state index contributed by atoms with van der Waals surface area (Å²) >= 11 is 0. The van der Waals surface area contributed by atoms with Crippen LogP contribution in [0.4, 0.5) is 0 Å². The lowest BCUT2D eigenvalue weighted by Gasteiger charge is -1.99. The van der Waals surface area contributed by atoms with Gasteiger partial charge in [0.2, 0.25) is 5.43 Å². The standard InChI is InChI=1S/C9H8N2O5/c1-5-10-9(16-11-5)15-3-6-2-7(12)8(13)4-14-6/h2,4,13H,3H2,1H3. The second-order valence-electron chi connectivity index (χ2n) is 2.99. The molecule has 2 aromatic rings. The van der Waals surface area contributed by atoms with E-state index in [1.54, 1.807) is 6.92 Å². The van der Waals surface area contributed by atoms with Gasteiger partial charge in [-0.2, -0.15) is 4.98 Å². The van der Waals surface area contributed by atoms with Gasteiger partial charge in [0.25, 0.3) is 0 Å². The quantitative estimate of drug-likeness (QED) is 0.815. The first-order chi connectivity index (χ1) is 7.65. The minimum atomic E-state index is -0.536. The van der Waals surface area contributed by atoms with Crippen molar-refractivity contribution in [3.05, 3.63) is 34.1 Å². The molecule has 0 spiro atoms. The van der Waals surface area contributed by atoms with Gasteiger partial charge < -0.3 is 14.3 Å². The Hall–Kier alpha value is -2.31. The molecule has 16 heavy (non-hydrogen) atoms. The number of aromatic hydroxyl groups is 1. The first-order valence-corrected chi connectivity index (χ1v) is 4.39. The van der Waals surface area contributed by atoms with Crippen LogP contribution in [-0.2, 0) is 6.61 Å². The van der Waals surface area contributed by atoms with E-state index < -0.39 is 11.2 Å². The number of ether oxygens (including phenoxy) is 1. The van der Waals surface area contributed by atoms with E-state index in [4.69, 9.17) is 14.3 Å². The zero-order valence-electron chi connectivity index (χ0n) is 8.34. The van der Waals surface area contributed by atoms with E-state index in [1.165, 1.54) is 0 Å². The molecule has 7 heteroatoms. The highest BCUT2D eigenvalue weighted by molar-refractivity contribution is 5.15. The molecule has 0 saturated carbocycles. The summed E-state index contributed by atoms with van der Waals surface area (Å²) in [6.45, 7) is 1.62. The van der Waals surface area contributed by atoms with Gasteiger partial charge in [-0.1, -0.05) is 5.16 Å². The average Bonchev–Trinajstić information content (AvgIpc) is 2.66. The maximum absolute atomic E-state index is 11.0. The van der Waals surface area contributed by atoms with Crippen LogP contribution < -0.4 is 10.2 Å². The van der Waals surface area contributed by atoms with Crippen LogP contribution in [0.15, 0.2) is 26.1 Å². The van der Waals surface area contributed by atoms with Gasteiger partial charge in [0, 0.05) is 6.07 Å². The lowest BCUT2D eigenvalue weighted by molar-refractivity contribution is 0.177. The normalized spacial score (nSPS) is 10.3. The number of rotatable bonds is 3. The summed E-state index contributed by atoms with van der Waals surface area (Å²) in [7, 11) is 0. The predicted octanol–water partition coefficient (Wildman–Crippen LogP) is 0.616. The van der Waals surface area contributed by atoms with Crippen LogP contribution in [0.25, 0.3) is 0 Å². The van der Waals surface area contributed by atoms with Crippen LogP contribution in [0.5, 0.6) is 11.8 Å². The van der Waals surface area contributed by atoms with Crippen molar-refractivity contribution in [2.24, 2.45) is 0 Å². The van der Waals surface area contributed by atoms with Crippen LogP contribution in [0.3, 0.4) is 0 Å². The van der Waals surface area contributed by atoms with Crippen molar-refractivity contribution >= 4 is 0 Å². The average molecular weight is 224 g/mol. The van der Waals surface area contributed by atoms with Gasteiger partial charge >= 0.3 is 6.08 Å². The van der Waals surface area contributed by atoms with E-state index in [0.717, 1.165) is 12.3 Å². The number of nitrogens with zero attached hydrogens (tertiary/aromatic N) is 2. The fourth-order valence-electron chi connectivity index (χ4n) is 0.989. The summed E-state index contributed by atoms with van der Waals surface area (Å²) < 4.78 is 14.6. The molecule has 0 unspecified atom stereocenters. The van der Waals surface area contributed by atoms with Crippen LogP contribution in [-0.4, -0.2) is 15.2 Å². The fraction of sp³-hybridized carbons (Fsp3) is 0.222. The third kappa shape index (κ3) is 2.19. The molecule has 84 valence electrons. The Morgan fingerprint density at radius 1 is 1.56 bits per heavy atom. The van der Waals surface area contributed by atoms with E-state index in [2.05, 4.69) is 14.7 Å². The van der Waals surface area contributed by atoms with Gasteiger partial charge in [0.1, 0.15) is 12.0 Å². The number of aryl methyl sites for hydroxylation is 1. The second-order valence-corrected chi connectivity index (χ2v) is 2.99. The van der Waals surface area contributed by atoms with Crippen LogP contribution >= 0.6 is 0 Å². The van der Waals surface area contributed by atoms with E-state index >= 15 is 0 Å². The molecule has 2 aromatic heterocycles. The molecule has 0 aliphatic carbocycles. The number of hydrogen-bond donors (Lipinski definition) is 1. The van der Waals surface area contributed by atoms with Crippen LogP contribution in [0.2, 0.25) is 0 Å². The van der Waals surface area contributed by atoms with Crippen molar-refractivity contribution in [3.8, 4) is 11.8 Å². The number of hydrogen-bond acceptors (Lipinski definition) is 7. The van der Waals surface area contributed by atoms with Crippen LogP contribution in [0, 0.1) is 6.92 Å². The van der Waals surface area contributed by atoms with Crippen molar-refractivity contribution < 1.29 is 18.8 Å². The SMILES string of the molecule is Cc1noc(OCc2cc(=O)c(O)co2)n1. The molecule has 0 saturated heterocycles. The van der Waals surface area contributed by atoms with Gasteiger partial charge in [0.15, 0.2) is 18.2 Å². The Labute approximate surface area is 89.3 Å². The molecule has 0 atom stereocenters. The van der Waals surface area contributed by atoms with Crippen molar-refractivity contribution in [3.63, 3.8) is 0 Å². The summed E-state index contributed by atoms with van der Waals surface area (Å²) in [5.74, 6) is 0.248. The number of aromatic nitrogens is 2. The zero-order chi connectivity index (χ0) is 11.5. The first kappa shape index (κ1) is 10.2. The lowest BCUT2D eigenvalue weighted by atomic mass is 10.4. The van der Waals surface area contributed by atoms with Crippen molar-refractivity contribution in [1.82, 2.24) is 10.1 Å². The van der Waals surface area contributed by atoms with Crippen molar-refractivity contribution in [2.75, 3.05) is 0 Å². The van der Waals surface area contributed by atoms with E-state index in [0.29, 0.717) is 5.82 Å². The molecule has 1 N–H and O–H groups in total. The smallest absolute Gasteiger partial charge is 0.417 e. The molecular weight excluding hydrogens is 216 g/mol. The van der Waals surface area contributed by atoms with Gasteiger partial charge in [0.05, 0.1) is 0 Å². The first-order valence-electron chi connectivity index (χ1n) is 4.39. The molecule has 0 aliphatic heterocycles. The summed E-state index contributed by atoms with van der Waals surface area (Å²) in [6, 6.07) is 1.12. The monoisotopic (exact) mass is 224 g/mol. The molecule has 0 aromatic carbocycles. The molecule has 2 rings (SSSR count). The summed E-state index contributed by atoms with van der Waals surface area (Å²) in [4.78, 5) is 14.8. The second kappa shape index (κ2) is 4.05. The maximum atomic E-state index is 11.0. The van der Waals surface area contributed by atoms with Crippen LogP contribution in [0.1, 0.15) is 11.6 Å². The molecule has 2 heterocycles. The Bertz CT molecular complexity index is 545. The van der Waals surface area contributed by atoms with Crippen molar-refractivity contribution in [2.45, 2.75) is 13.5 Å². The minimum Gasteiger partial charge on any atom is -0.502 e. The highest BCUT2D eigenvalue weighted by atomic mass is 16.6. The molecule has 0 radical (unpaired) electrons. The molecule has 0 amide bonds. The van der Waals surface area contributed by atoms with Gasteiger partial charge in [-0.3, -0.25) is 9.32 Å². The predicted molar refractivity (Wildman–Crippen MR) is 50.0 cm³/mol. The lowest BCUT2D eigenvalue weighted by Crippen LogP contribution is -2.03. The molecule has 0 fully saturated rings. The summed E-state index contributed by atoms with van der Waals surface area (Å²) in [6.07, 6.45) is 0.938. The topological polar surface area (TPSA) is 98.6 Å². The van der Waals surface area contributed by atoms with Gasteiger partial charge in [-0.15, -0.1) is 0 Å².